The summed E-state index contributed by atoms with van der Waals surface area (Å²) >= 11 is 17.3. The smallest absolute Gasteiger partial charge is 0.0871 e. The average Bonchev–Trinajstić information content (AvgIpc) is 2.73. The molecular formula is C12H11BrCl2N2S. The zero-order valence-corrected chi connectivity index (χ0v) is 13.5. The van der Waals surface area contributed by atoms with Crippen LogP contribution in [0, 0.1) is 0 Å². The second-order valence-electron chi connectivity index (χ2n) is 3.64. The van der Waals surface area contributed by atoms with Crippen LogP contribution in [0.25, 0.3) is 0 Å². The number of pyridine rings is 1. The predicted octanol–water partition coefficient (Wildman–Crippen LogP) is 4.91. The van der Waals surface area contributed by atoms with Gasteiger partial charge in [0.05, 0.1) is 21.8 Å². The van der Waals surface area contributed by atoms with Crippen LogP contribution in [0.5, 0.6) is 0 Å². The van der Waals surface area contributed by atoms with Crippen LogP contribution in [0.15, 0.2) is 28.2 Å². The summed E-state index contributed by atoms with van der Waals surface area (Å²) in [5, 5.41) is 6.55. The molecule has 6 heteroatoms. The van der Waals surface area contributed by atoms with E-state index >= 15 is 0 Å². The maximum atomic E-state index is 6.23. The molecule has 2 aromatic heterocycles. The van der Waals surface area contributed by atoms with Crippen LogP contribution in [0.1, 0.15) is 23.5 Å². The van der Waals surface area contributed by atoms with Gasteiger partial charge in [-0.2, -0.15) is 0 Å². The molecule has 2 rings (SSSR count). The molecule has 0 fully saturated rings. The minimum Gasteiger partial charge on any atom is -0.304 e. The van der Waals surface area contributed by atoms with E-state index in [4.69, 9.17) is 23.2 Å². The third-order valence-corrected chi connectivity index (χ3v) is 4.87. The average molecular weight is 366 g/mol. The van der Waals surface area contributed by atoms with E-state index in [-0.39, 0.29) is 6.04 Å². The molecule has 0 spiro atoms. The van der Waals surface area contributed by atoms with E-state index in [9.17, 15) is 0 Å². The van der Waals surface area contributed by atoms with E-state index in [0.29, 0.717) is 10.0 Å². The Balaban J connectivity index is 2.45. The molecule has 0 radical (unpaired) electrons. The van der Waals surface area contributed by atoms with Gasteiger partial charge in [-0.1, -0.05) is 30.1 Å². The molecule has 18 heavy (non-hydrogen) atoms. The summed E-state index contributed by atoms with van der Waals surface area (Å²) in [7, 11) is 0. The Morgan fingerprint density at radius 3 is 2.83 bits per heavy atom. The molecule has 0 saturated carbocycles. The van der Waals surface area contributed by atoms with Gasteiger partial charge in [0, 0.05) is 15.5 Å². The molecule has 2 aromatic rings. The largest absolute Gasteiger partial charge is 0.304 e. The van der Waals surface area contributed by atoms with Crippen molar-refractivity contribution in [2.24, 2.45) is 0 Å². The van der Waals surface area contributed by atoms with E-state index in [0.717, 1.165) is 21.6 Å². The Morgan fingerprint density at radius 2 is 2.28 bits per heavy atom. The molecule has 96 valence electrons. The van der Waals surface area contributed by atoms with Gasteiger partial charge in [0.15, 0.2) is 0 Å². The standard InChI is InChI=1S/C12H11BrCl2N2S/c1-2-16-11(12-8(13)3-4-18-12)10-9(15)5-7(14)6-17-10/h3-6,11,16H,2H2,1H3. The summed E-state index contributed by atoms with van der Waals surface area (Å²) in [5.74, 6) is 0. The molecular weight excluding hydrogens is 355 g/mol. The zero-order valence-electron chi connectivity index (χ0n) is 9.58. The summed E-state index contributed by atoms with van der Waals surface area (Å²) in [4.78, 5) is 5.51. The van der Waals surface area contributed by atoms with Crippen LogP contribution in [0.3, 0.4) is 0 Å². The molecule has 0 bridgehead atoms. The van der Waals surface area contributed by atoms with Crippen molar-refractivity contribution < 1.29 is 0 Å². The second kappa shape index (κ2) is 6.35. The SMILES string of the molecule is CCNC(c1ncc(Cl)cc1Cl)c1sccc1Br. The number of hydrogen-bond donors (Lipinski definition) is 1. The second-order valence-corrected chi connectivity index (χ2v) is 6.29. The number of nitrogens with one attached hydrogen (secondary N) is 1. The van der Waals surface area contributed by atoms with E-state index in [1.807, 2.05) is 11.4 Å². The Morgan fingerprint density at radius 1 is 1.50 bits per heavy atom. The van der Waals surface area contributed by atoms with Gasteiger partial charge in [-0.05, 0) is 40.0 Å². The van der Waals surface area contributed by atoms with Gasteiger partial charge in [0.25, 0.3) is 0 Å². The quantitative estimate of drug-likeness (QED) is 0.832. The van der Waals surface area contributed by atoms with E-state index in [1.165, 1.54) is 0 Å². The fourth-order valence-corrected chi connectivity index (χ4v) is 3.83. The molecule has 0 aliphatic rings. The number of thiophene rings is 1. The Bertz CT molecular complexity index is 545. The highest BCUT2D eigenvalue weighted by atomic mass is 79.9. The van der Waals surface area contributed by atoms with Crippen molar-refractivity contribution in [2.45, 2.75) is 13.0 Å². The molecule has 0 aromatic carbocycles. The fraction of sp³-hybridized carbons (Fsp3) is 0.250. The van der Waals surface area contributed by atoms with Crippen LogP contribution >= 0.6 is 50.5 Å². The van der Waals surface area contributed by atoms with Crippen LogP contribution in [-0.2, 0) is 0 Å². The maximum Gasteiger partial charge on any atom is 0.0871 e. The van der Waals surface area contributed by atoms with Gasteiger partial charge in [0.1, 0.15) is 0 Å². The molecule has 0 aliphatic carbocycles. The number of aromatic nitrogens is 1. The molecule has 1 atom stereocenters. The van der Waals surface area contributed by atoms with E-state index in [1.54, 1.807) is 23.6 Å². The number of rotatable bonds is 4. The van der Waals surface area contributed by atoms with Crippen LogP contribution < -0.4 is 5.32 Å². The lowest BCUT2D eigenvalue weighted by atomic mass is 10.1. The zero-order chi connectivity index (χ0) is 13.1. The number of halogens is 3. The third-order valence-electron chi connectivity index (χ3n) is 2.42. The highest BCUT2D eigenvalue weighted by Crippen LogP contribution is 2.35. The lowest BCUT2D eigenvalue weighted by Gasteiger charge is -2.18. The highest BCUT2D eigenvalue weighted by Gasteiger charge is 2.21. The normalized spacial score (nSPS) is 12.7. The molecule has 2 nitrogen and oxygen atoms in total. The molecule has 1 unspecified atom stereocenters. The van der Waals surface area contributed by atoms with Crippen molar-refractivity contribution in [3.63, 3.8) is 0 Å². The van der Waals surface area contributed by atoms with Crippen LogP contribution in [0.2, 0.25) is 10.0 Å². The van der Waals surface area contributed by atoms with Gasteiger partial charge in [0.2, 0.25) is 0 Å². The molecule has 2 heterocycles. The maximum absolute atomic E-state index is 6.23. The van der Waals surface area contributed by atoms with Crippen molar-refractivity contribution in [1.82, 2.24) is 10.3 Å². The molecule has 0 amide bonds. The van der Waals surface area contributed by atoms with E-state index in [2.05, 4.69) is 33.2 Å². The Hall–Kier alpha value is -0.130. The van der Waals surface area contributed by atoms with Gasteiger partial charge in [-0.15, -0.1) is 11.3 Å². The summed E-state index contributed by atoms with van der Waals surface area (Å²) in [5.41, 5.74) is 0.797. The first kappa shape index (κ1) is 14.3. The van der Waals surface area contributed by atoms with E-state index < -0.39 is 0 Å². The van der Waals surface area contributed by atoms with Crippen LogP contribution in [0.4, 0.5) is 0 Å². The lowest BCUT2D eigenvalue weighted by molar-refractivity contribution is 0.623. The van der Waals surface area contributed by atoms with Gasteiger partial charge >= 0.3 is 0 Å². The topological polar surface area (TPSA) is 24.9 Å². The monoisotopic (exact) mass is 364 g/mol. The van der Waals surface area contributed by atoms with Crippen LogP contribution in [-0.4, -0.2) is 11.5 Å². The predicted molar refractivity (Wildman–Crippen MR) is 81.8 cm³/mol. The fourth-order valence-electron chi connectivity index (χ4n) is 1.67. The minimum atomic E-state index is -0.0193. The summed E-state index contributed by atoms with van der Waals surface area (Å²) in [6, 6.07) is 3.72. The first-order chi connectivity index (χ1) is 8.63. The minimum absolute atomic E-state index is 0.0193. The van der Waals surface area contributed by atoms with Crippen molar-refractivity contribution in [3.8, 4) is 0 Å². The van der Waals surface area contributed by atoms with Crippen molar-refractivity contribution in [1.29, 1.82) is 0 Å². The lowest BCUT2D eigenvalue weighted by Crippen LogP contribution is -2.22. The summed E-state index contributed by atoms with van der Waals surface area (Å²) < 4.78 is 1.06. The van der Waals surface area contributed by atoms with Gasteiger partial charge in [-0.3, -0.25) is 4.98 Å². The molecule has 0 saturated heterocycles. The van der Waals surface area contributed by atoms with Crippen molar-refractivity contribution in [2.75, 3.05) is 6.54 Å². The van der Waals surface area contributed by atoms with Crippen molar-refractivity contribution >= 4 is 50.5 Å². The third kappa shape index (κ3) is 3.06. The first-order valence-corrected chi connectivity index (χ1v) is 7.83. The van der Waals surface area contributed by atoms with Crippen molar-refractivity contribution in [3.05, 3.63) is 48.8 Å². The number of nitrogens with zero attached hydrogens (tertiary/aromatic N) is 1. The van der Waals surface area contributed by atoms with Gasteiger partial charge in [-0.25, -0.2) is 0 Å². The first-order valence-electron chi connectivity index (χ1n) is 5.40. The molecule has 1 N–H and O–H groups in total. The Labute approximate surface area is 128 Å². The molecule has 0 aliphatic heterocycles. The number of hydrogen-bond acceptors (Lipinski definition) is 3. The Kier molecular flexibility index (Phi) is 5.04. The summed E-state index contributed by atoms with van der Waals surface area (Å²) in [6.45, 7) is 2.88. The highest BCUT2D eigenvalue weighted by molar-refractivity contribution is 9.10. The van der Waals surface area contributed by atoms with Gasteiger partial charge < -0.3 is 5.32 Å². The summed E-state index contributed by atoms with van der Waals surface area (Å²) in [6.07, 6.45) is 1.62.